The van der Waals surface area contributed by atoms with Crippen LogP contribution >= 0.6 is 11.3 Å². The largest absolute Gasteiger partial charge is 0.383 e. The summed E-state index contributed by atoms with van der Waals surface area (Å²) in [4.78, 5) is 47.1. The summed E-state index contributed by atoms with van der Waals surface area (Å²) in [5, 5.41) is 0.173. The van der Waals surface area contributed by atoms with Gasteiger partial charge in [-0.1, -0.05) is 37.3 Å². The number of aromatic nitrogens is 3. The number of thiophene rings is 1. The lowest BCUT2D eigenvalue weighted by Gasteiger charge is -2.17. The fourth-order valence-corrected chi connectivity index (χ4v) is 6.36. The molecular weight excluding hydrogens is 605 g/mol. The number of rotatable bonds is 12. The number of methoxy groups -OCH3 is 1. The van der Waals surface area contributed by atoms with Crippen molar-refractivity contribution < 1.29 is 22.7 Å². The summed E-state index contributed by atoms with van der Waals surface area (Å²) in [5.74, 6) is -2.39. The topological polar surface area (TPSA) is 86.4 Å². The van der Waals surface area contributed by atoms with Crippen LogP contribution in [0.25, 0.3) is 26.5 Å². The van der Waals surface area contributed by atoms with Gasteiger partial charge in [-0.3, -0.25) is 19.1 Å². The minimum atomic E-state index is -0.880. The van der Waals surface area contributed by atoms with E-state index in [1.54, 1.807) is 14.0 Å². The molecule has 0 bridgehead atoms. The summed E-state index contributed by atoms with van der Waals surface area (Å²) in [7, 11) is 3.44. The zero-order chi connectivity index (χ0) is 32.2. The van der Waals surface area contributed by atoms with E-state index in [-0.39, 0.29) is 33.9 Å². The molecule has 0 unspecified atom stereocenters. The number of halogens is 3. The number of carbonyl (C=O) groups excluding carboxylic acids is 1. The fourth-order valence-electron chi connectivity index (χ4n) is 5.06. The SMILES string of the molecule is CCC(=O)Cc1ccc(-c2sc3c(c2CN(C)CCOC)c(=O)n(-c2ccc(F)cn2)c(=O)n3Cc2c(F)cccc2F)cc1. The summed E-state index contributed by atoms with van der Waals surface area (Å²) in [6.07, 6.45) is 1.60. The lowest BCUT2D eigenvalue weighted by molar-refractivity contribution is -0.118. The highest BCUT2D eigenvalue weighted by atomic mass is 32.1. The molecule has 0 saturated heterocycles. The van der Waals surface area contributed by atoms with E-state index in [1.165, 1.54) is 12.1 Å². The fraction of sp³-hybridized carbons (Fsp3) is 0.273. The van der Waals surface area contributed by atoms with Crippen LogP contribution in [0.3, 0.4) is 0 Å². The van der Waals surface area contributed by atoms with Crippen LogP contribution in [0.15, 0.2) is 70.4 Å². The first-order valence-electron chi connectivity index (χ1n) is 14.3. The van der Waals surface area contributed by atoms with Gasteiger partial charge in [0.1, 0.15) is 33.9 Å². The molecule has 0 aliphatic rings. The molecular formula is C33H31F3N4O4S. The van der Waals surface area contributed by atoms with Crippen molar-refractivity contribution in [1.82, 2.24) is 19.0 Å². The number of nitrogens with zero attached hydrogens (tertiary/aromatic N) is 4. The third kappa shape index (κ3) is 6.68. The standard InChI is InChI=1S/C33H31F3N4O4S/c1-4-23(41)16-20-8-10-21(11-9-20)30-25(18-38(2)14-15-44-3)29-31(42)40(28-13-12-22(34)17-37-28)33(43)39(32(29)45-30)19-24-26(35)6-5-7-27(24)36/h5-13,17H,4,14-16,18-19H2,1-3H3. The Labute approximate surface area is 261 Å². The van der Waals surface area contributed by atoms with E-state index in [0.29, 0.717) is 36.4 Å². The number of pyridine rings is 1. The maximum Gasteiger partial charge on any atom is 0.338 e. The molecule has 12 heteroatoms. The van der Waals surface area contributed by atoms with E-state index >= 15 is 0 Å². The van der Waals surface area contributed by atoms with Gasteiger partial charge >= 0.3 is 5.69 Å². The van der Waals surface area contributed by atoms with Gasteiger partial charge in [0, 0.05) is 43.5 Å². The number of hydrogen-bond donors (Lipinski definition) is 0. The van der Waals surface area contributed by atoms with Gasteiger partial charge in [-0.15, -0.1) is 11.3 Å². The Morgan fingerprint density at radius 2 is 1.71 bits per heavy atom. The Morgan fingerprint density at radius 3 is 2.33 bits per heavy atom. The molecule has 8 nitrogen and oxygen atoms in total. The van der Waals surface area contributed by atoms with E-state index in [0.717, 1.165) is 56.0 Å². The van der Waals surface area contributed by atoms with Gasteiger partial charge < -0.3 is 4.74 Å². The summed E-state index contributed by atoms with van der Waals surface area (Å²) in [6, 6.07) is 13.1. The van der Waals surface area contributed by atoms with Crippen molar-refractivity contribution in [1.29, 1.82) is 0 Å². The molecule has 3 aromatic heterocycles. The van der Waals surface area contributed by atoms with E-state index in [2.05, 4.69) is 4.98 Å². The van der Waals surface area contributed by atoms with Gasteiger partial charge in [0.2, 0.25) is 0 Å². The molecule has 0 atom stereocenters. The monoisotopic (exact) mass is 636 g/mol. The molecule has 0 amide bonds. The normalized spacial score (nSPS) is 11.5. The first-order valence-corrected chi connectivity index (χ1v) is 15.1. The molecule has 5 aromatic rings. The molecule has 45 heavy (non-hydrogen) atoms. The molecule has 2 aromatic carbocycles. The molecule has 0 fully saturated rings. The summed E-state index contributed by atoms with van der Waals surface area (Å²) in [5.41, 5.74) is 0.242. The number of benzene rings is 2. The highest BCUT2D eigenvalue weighted by Gasteiger charge is 2.26. The van der Waals surface area contributed by atoms with Crippen molar-refractivity contribution in [3.8, 4) is 16.3 Å². The lowest BCUT2D eigenvalue weighted by atomic mass is 10.0. The van der Waals surface area contributed by atoms with Gasteiger partial charge in [-0.2, -0.15) is 0 Å². The second kappa shape index (κ2) is 13.7. The van der Waals surface area contributed by atoms with Crippen molar-refractivity contribution >= 4 is 27.3 Å². The van der Waals surface area contributed by atoms with Crippen molar-refractivity contribution in [2.24, 2.45) is 0 Å². The predicted octanol–water partition coefficient (Wildman–Crippen LogP) is 5.34. The summed E-state index contributed by atoms with van der Waals surface area (Å²) in [6.45, 7) is 2.52. The summed E-state index contributed by atoms with van der Waals surface area (Å²) >= 11 is 1.16. The van der Waals surface area contributed by atoms with Crippen LogP contribution < -0.4 is 11.2 Å². The van der Waals surface area contributed by atoms with E-state index in [9.17, 15) is 27.6 Å². The van der Waals surface area contributed by atoms with Crippen LogP contribution in [0.5, 0.6) is 0 Å². The zero-order valence-electron chi connectivity index (χ0n) is 25.0. The van der Waals surface area contributed by atoms with E-state index < -0.39 is 35.2 Å². The van der Waals surface area contributed by atoms with Crippen LogP contribution in [-0.4, -0.2) is 52.1 Å². The van der Waals surface area contributed by atoms with Crippen LogP contribution in [0.2, 0.25) is 0 Å². The van der Waals surface area contributed by atoms with Crippen LogP contribution in [0.4, 0.5) is 13.2 Å². The van der Waals surface area contributed by atoms with Crippen LogP contribution in [-0.2, 0) is 29.0 Å². The Hall–Kier alpha value is -4.39. The number of Topliss-reactive ketones (excluding diaryl/α,β-unsaturated/α-hetero) is 1. The van der Waals surface area contributed by atoms with Crippen molar-refractivity contribution in [3.05, 3.63) is 116 Å². The van der Waals surface area contributed by atoms with Gasteiger partial charge in [0.25, 0.3) is 5.56 Å². The third-order valence-corrected chi connectivity index (χ3v) is 8.81. The maximum atomic E-state index is 14.9. The van der Waals surface area contributed by atoms with E-state index in [1.807, 2.05) is 36.2 Å². The first-order chi connectivity index (χ1) is 21.6. The Kier molecular flexibility index (Phi) is 9.76. The van der Waals surface area contributed by atoms with Crippen molar-refractivity contribution in [2.75, 3.05) is 27.3 Å². The average Bonchev–Trinajstić information content (AvgIpc) is 3.39. The molecule has 234 valence electrons. The quantitative estimate of drug-likeness (QED) is 0.184. The number of likely N-dealkylation sites (N-methyl/N-ethyl adjacent to an activating group) is 1. The van der Waals surface area contributed by atoms with Crippen LogP contribution in [0, 0.1) is 17.5 Å². The number of hydrogen-bond acceptors (Lipinski definition) is 7. The number of carbonyl (C=O) groups is 1. The molecule has 0 radical (unpaired) electrons. The second-order valence-electron chi connectivity index (χ2n) is 10.6. The second-order valence-corrected chi connectivity index (χ2v) is 11.6. The van der Waals surface area contributed by atoms with Crippen molar-refractivity contribution in [2.45, 2.75) is 32.9 Å². The maximum absolute atomic E-state index is 14.9. The van der Waals surface area contributed by atoms with Gasteiger partial charge in [0.15, 0.2) is 0 Å². The smallest absolute Gasteiger partial charge is 0.338 e. The zero-order valence-corrected chi connectivity index (χ0v) is 25.8. The Balaban J connectivity index is 1.81. The average molecular weight is 637 g/mol. The predicted molar refractivity (Wildman–Crippen MR) is 168 cm³/mol. The summed E-state index contributed by atoms with van der Waals surface area (Å²) < 4.78 is 50.8. The number of fused-ring (bicyclic) bond motifs is 1. The number of ether oxygens (including phenoxy) is 1. The lowest BCUT2D eigenvalue weighted by Crippen LogP contribution is -2.39. The molecule has 0 N–H and O–H groups in total. The third-order valence-electron chi connectivity index (χ3n) is 7.51. The van der Waals surface area contributed by atoms with Gasteiger partial charge in [-0.05, 0) is 48.0 Å². The molecule has 0 aliphatic carbocycles. The molecule has 5 rings (SSSR count). The first kappa shape index (κ1) is 32.0. The van der Waals surface area contributed by atoms with E-state index in [4.69, 9.17) is 4.74 Å². The molecule has 3 heterocycles. The highest BCUT2D eigenvalue weighted by molar-refractivity contribution is 7.22. The number of ketones is 1. The van der Waals surface area contributed by atoms with Gasteiger partial charge in [0.05, 0.1) is 24.7 Å². The Morgan fingerprint density at radius 1 is 1.00 bits per heavy atom. The van der Waals surface area contributed by atoms with Crippen molar-refractivity contribution in [3.63, 3.8) is 0 Å². The minimum absolute atomic E-state index is 0.101. The molecule has 0 saturated carbocycles. The highest BCUT2D eigenvalue weighted by Crippen LogP contribution is 2.38. The Bertz CT molecular complexity index is 1950. The minimum Gasteiger partial charge on any atom is -0.383 e. The molecule has 0 spiro atoms. The molecule has 0 aliphatic heterocycles. The van der Waals surface area contributed by atoms with Gasteiger partial charge in [-0.25, -0.2) is 27.5 Å². The van der Waals surface area contributed by atoms with Crippen LogP contribution in [0.1, 0.15) is 30.0 Å².